The Balaban J connectivity index is 1.30. The third-order valence-electron chi connectivity index (χ3n) is 5.94. The maximum absolute atomic E-state index is 12.7. The Morgan fingerprint density at radius 1 is 1.09 bits per heavy atom. The Bertz CT molecular complexity index is 1230. The van der Waals surface area contributed by atoms with Crippen LogP contribution in [-0.2, 0) is 14.6 Å². The van der Waals surface area contributed by atoms with Crippen LogP contribution in [0.4, 0.5) is 5.13 Å². The van der Waals surface area contributed by atoms with E-state index < -0.39 is 9.84 Å². The summed E-state index contributed by atoms with van der Waals surface area (Å²) in [4.78, 5) is 21.9. The zero-order valence-corrected chi connectivity index (χ0v) is 21.2. The molecule has 4 rings (SSSR count). The molecule has 0 spiro atoms. The van der Waals surface area contributed by atoms with Crippen LogP contribution < -0.4 is 4.90 Å². The van der Waals surface area contributed by atoms with Crippen molar-refractivity contribution >= 4 is 54.0 Å². The molecule has 1 saturated heterocycles. The summed E-state index contributed by atoms with van der Waals surface area (Å²) >= 11 is 7.53. The van der Waals surface area contributed by atoms with Crippen LogP contribution in [0, 0.1) is 0 Å². The molecule has 6 nitrogen and oxygen atoms in total. The van der Waals surface area contributed by atoms with Crippen LogP contribution in [0.1, 0.15) is 38.2 Å². The number of anilines is 1. The summed E-state index contributed by atoms with van der Waals surface area (Å²) in [5.41, 5.74) is 2.34. The highest BCUT2D eigenvalue weighted by atomic mass is 35.5. The molecule has 1 aromatic heterocycles. The monoisotopic (exact) mass is 505 g/mol. The number of amides is 1. The van der Waals surface area contributed by atoms with Gasteiger partial charge in [0.15, 0.2) is 15.0 Å². The van der Waals surface area contributed by atoms with Gasteiger partial charge in [0.05, 0.1) is 20.9 Å². The Hall–Kier alpha value is -2.16. The maximum atomic E-state index is 12.7. The number of para-hydroxylation sites is 1. The molecular weight excluding hydrogens is 478 g/mol. The highest BCUT2D eigenvalue weighted by Crippen LogP contribution is 2.33. The smallest absolute Gasteiger partial charge is 0.222 e. The summed E-state index contributed by atoms with van der Waals surface area (Å²) in [7, 11) is -3.42. The molecule has 1 aliphatic heterocycles. The molecule has 33 heavy (non-hydrogen) atoms. The molecule has 1 amide bonds. The number of hydrogen-bond acceptors (Lipinski definition) is 6. The fourth-order valence-electron chi connectivity index (χ4n) is 4.04. The van der Waals surface area contributed by atoms with E-state index in [2.05, 4.69) is 36.9 Å². The van der Waals surface area contributed by atoms with E-state index in [9.17, 15) is 13.2 Å². The summed E-state index contributed by atoms with van der Waals surface area (Å²) in [5, 5.41) is 1.49. The average molecular weight is 506 g/mol. The second kappa shape index (κ2) is 9.99. The van der Waals surface area contributed by atoms with Crippen LogP contribution in [0.5, 0.6) is 0 Å². The first-order valence-corrected chi connectivity index (χ1v) is 14.0. The van der Waals surface area contributed by atoms with Crippen LogP contribution >= 0.6 is 22.9 Å². The van der Waals surface area contributed by atoms with Crippen molar-refractivity contribution in [3.63, 3.8) is 0 Å². The lowest BCUT2D eigenvalue weighted by molar-refractivity contribution is -0.131. The van der Waals surface area contributed by atoms with Gasteiger partial charge in [0.2, 0.25) is 5.91 Å². The summed E-state index contributed by atoms with van der Waals surface area (Å²) in [6, 6.07) is 12.5. The Morgan fingerprint density at radius 2 is 1.79 bits per heavy atom. The lowest BCUT2D eigenvalue weighted by atomic mass is 10.0. The number of rotatable bonds is 7. The van der Waals surface area contributed by atoms with Gasteiger partial charge in [0.25, 0.3) is 0 Å². The van der Waals surface area contributed by atoms with Crippen molar-refractivity contribution < 1.29 is 13.2 Å². The number of sulfone groups is 1. The van der Waals surface area contributed by atoms with E-state index in [-0.39, 0.29) is 23.0 Å². The summed E-state index contributed by atoms with van der Waals surface area (Å²) in [5.74, 6) is 0.374. The van der Waals surface area contributed by atoms with Gasteiger partial charge in [0.1, 0.15) is 0 Å². The molecule has 0 atom stereocenters. The van der Waals surface area contributed by atoms with E-state index in [1.54, 1.807) is 23.5 Å². The maximum Gasteiger partial charge on any atom is 0.222 e. The Kier molecular flexibility index (Phi) is 7.26. The number of benzene rings is 2. The minimum atomic E-state index is -3.42. The van der Waals surface area contributed by atoms with Crippen molar-refractivity contribution in [1.82, 2.24) is 9.88 Å². The normalized spacial score (nSPS) is 14.9. The van der Waals surface area contributed by atoms with E-state index in [0.29, 0.717) is 30.5 Å². The van der Waals surface area contributed by atoms with Crippen LogP contribution in [0.3, 0.4) is 0 Å². The number of aromatic nitrogens is 1. The first-order chi connectivity index (χ1) is 15.7. The van der Waals surface area contributed by atoms with E-state index >= 15 is 0 Å². The molecule has 0 unspecified atom stereocenters. The number of piperazine rings is 1. The molecule has 0 bridgehead atoms. The van der Waals surface area contributed by atoms with Crippen molar-refractivity contribution in [2.45, 2.75) is 37.5 Å². The van der Waals surface area contributed by atoms with Crippen LogP contribution in [0.15, 0.2) is 47.4 Å². The number of thiazole rings is 1. The fourth-order valence-corrected chi connectivity index (χ4v) is 6.53. The SMILES string of the molecule is CC(C)c1cccc2sc(N3CCN(C(=O)CCCS(=O)(=O)c4ccc(Cl)cc4)CC3)nc12. The molecule has 9 heteroatoms. The average Bonchev–Trinajstić information content (AvgIpc) is 3.23. The Morgan fingerprint density at radius 3 is 2.45 bits per heavy atom. The fraction of sp³-hybridized carbons (Fsp3) is 0.417. The van der Waals surface area contributed by atoms with Gasteiger partial charge in [0, 0.05) is 37.6 Å². The second-order valence-corrected chi connectivity index (χ2v) is 12.1. The summed E-state index contributed by atoms with van der Waals surface area (Å²) in [6.07, 6.45) is 0.533. The highest BCUT2D eigenvalue weighted by molar-refractivity contribution is 7.91. The number of nitrogens with zero attached hydrogens (tertiary/aromatic N) is 3. The van der Waals surface area contributed by atoms with Crippen molar-refractivity contribution in [3.8, 4) is 0 Å². The predicted molar refractivity (Wildman–Crippen MR) is 135 cm³/mol. The third-order valence-corrected chi connectivity index (χ3v) is 9.09. The number of carbonyl (C=O) groups excluding carboxylic acids is 1. The molecule has 0 N–H and O–H groups in total. The van der Waals surface area contributed by atoms with Gasteiger partial charge >= 0.3 is 0 Å². The van der Waals surface area contributed by atoms with Crippen molar-refractivity contribution in [2.75, 3.05) is 36.8 Å². The number of hydrogen-bond donors (Lipinski definition) is 0. The van der Waals surface area contributed by atoms with E-state index in [0.717, 1.165) is 23.7 Å². The first-order valence-electron chi connectivity index (χ1n) is 11.1. The zero-order valence-electron chi connectivity index (χ0n) is 18.8. The molecule has 0 saturated carbocycles. The molecule has 2 aromatic carbocycles. The molecule has 3 aromatic rings. The second-order valence-electron chi connectivity index (χ2n) is 8.59. The van der Waals surface area contributed by atoms with Crippen LogP contribution in [0.25, 0.3) is 10.2 Å². The van der Waals surface area contributed by atoms with Gasteiger partial charge in [-0.15, -0.1) is 0 Å². The van der Waals surface area contributed by atoms with Gasteiger partial charge in [-0.1, -0.05) is 48.9 Å². The highest BCUT2D eigenvalue weighted by Gasteiger charge is 2.24. The molecule has 176 valence electrons. The lowest BCUT2D eigenvalue weighted by Gasteiger charge is -2.34. The van der Waals surface area contributed by atoms with Gasteiger partial charge < -0.3 is 9.80 Å². The molecule has 1 fully saturated rings. The standard InChI is InChI=1S/C24H28ClN3O3S2/c1-17(2)20-5-3-6-21-23(20)26-24(32-21)28-14-12-27(13-15-28)22(29)7-4-16-33(30,31)19-10-8-18(25)9-11-19/h3,5-6,8-11,17H,4,7,12-16H2,1-2H3. The Labute approximate surface area is 204 Å². The van der Waals surface area contributed by atoms with E-state index in [4.69, 9.17) is 16.6 Å². The molecule has 2 heterocycles. The van der Waals surface area contributed by atoms with Gasteiger partial charge in [-0.2, -0.15) is 0 Å². The van der Waals surface area contributed by atoms with Crippen LogP contribution in [0.2, 0.25) is 5.02 Å². The van der Waals surface area contributed by atoms with Gasteiger partial charge in [-0.25, -0.2) is 13.4 Å². The minimum absolute atomic E-state index is 0.00681. The summed E-state index contributed by atoms with van der Waals surface area (Å²) < 4.78 is 26.1. The van der Waals surface area contributed by atoms with E-state index in [1.807, 2.05) is 4.90 Å². The number of halogens is 1. The molecular formula is C24H28ClN3O3S2. The third kappa shape index (κ3) is 5.50. The molecule has 0 aliphatic carbocycles. The largest absolute Gasteiger partial charge is 0.345 e. The first kappa shape index (κ1) is 24.0. The van der Waals surface area contributed by atoms with Gasteiger partial charge in [-0.3, -0.25) is 4.79 Å². The lowest BCUT2D eigenvalue weighted by Crippen LogP contribution is -2.48. The zero-order chi connectivity index (χ0) is 23.6. The quantitative estimate of drug-likeness (QED) is 0.453. The number of fused-ring (bicyclic) bond motifs is 1. The van der Waals surface area contributed by atoms with Crippen molar-refractivity contribution in [1.29, 1.82) is 0 Å². The van der Waals surface area contributed by atoms with Crippen molar-refractivity contribution in [2.24, 2.45) is 0 Å². The van der Waals surface area contributed by atoms with Crippen LogP contribution in [-0.4, -0.2) is 56.1 Å². The molecule has 1 aliphatic rings. The van der Waals surface area contributed by atoms with E-state index in [1.165, 1.54) is 22.4 Å². The van der Waals surface area contributed by atoms with Gasteiger partial charge in [-0.05, 0) is 48.2 Å². The molecule has 0 radical (unpaired) electrons. The van der Waals surface area contributed by atoms with Crippen molar-refractivity contribution in [3.05, 3.63) is 53.1 Å². The number of carbonyl (C=O) groups is 1. The topological polar surface area (TPSA) is 70.6 Å². The minimum Gasteiger partial charge on any atom is -0.345 e. The summed E-state index contributed by atoms with van der Waals surface area (Å²) in [6.45, 7) is 7.06. The predicted octanol–water partition coefficient (Wildman–Crippen LogP) is 4.98.